The molecule has 116 valence electrons. The Bertz CT molecular complexity index is 435. The van der Waals surface area contributed by atoms with E-state index in [1.54, 1.807) is 0 Å². The van der Waals surface area contributed by atoms with E-state index < -0.39 is 0 Å². The molecule has 1 N–H and O–H groups in total. The van der Waals surface area contributed by atoms with Crippen LogP contribution in [0, 0.1) is 11.7 Å². The van der Waals surface area contributed by atoms with Gasteiger partial charge in [0.2, 0.25) is 0 Å². The minimum absolute atomic E-state index is 0.0459. The van der Waals surface area contributed by atoms with Gasteiger partial charge in [0.05, 0.1) is 12.2 Å². The Kier molecular flexibility index (Phi) is 4.91. The molecule has 1 atom stereocenters. The third kappa shape index (κ3) is 4.52. The molecule has 2 saturated carbocycles. The second-order valence-electron chi connectivity index (χ2n) is 6.74. The summed E-state index contributed by atoms with van der Waals surface area (Å²) in [7, 11) is 0. The normalized spacial score (nSPS) is 27.5. The lowest BCUT2D eigenvalue weighted by Crippen LogP contribution is -2.30. The quantitative estimate of drug-likeness (QED) is 0.847. The van der Waals surface area contributed by atoms with Crippen LogP contribution in [0.5, 0.6) is 0 Å². The molecule has 2 aliphatic carbocycles. The standard InChI is InChI=1S/C18H26FNO/c1-13-2-10-17(11-3-13)21-18(12-20-16-8-9-16)14-4-6-15(19)7-5-14/h4-7,13,16-18,20H,2-3,8-12H2,1H3. The molecule has 1 aromatic rings. The summed E-state index contributed by atoms with van der Waals surface area (Å²) in [6.45, 7) is 3.16. The van der Waals surface area contributed by atoms with Gasteiger partial charge < -0.3 is 10.1 Å². The van der Waals surface area contributed by atoms with Gasteiger partial charge in [-0.05, 0) is 62.1 Å². The van der Waals surface area contributed by atoms with E-state index in [1.807, 2.05) is 12.1 Å². The fourth-order valence-electron chi connectivity index (χ4n) is 3.08. The monoisotopic (exact) mass is 291 g/mol. The summed E-state index contributed by atoms with van der Waals surface area (Å²) in [6, 6.07) is 7.46. The summed E-state index contributed by atoms with van der Waals surface area (Å²) in [5, 5.41) is 3.55. The van der Waals surface area contributed by atoms with Crippen molar-refractivity contribution in [1.82, 2.24) is 5.32 Å². The zero-order valence-corrected chi connectivity index (χ0v) is 12.9. The predicted octanol–water partition coefficient (Wildman–Crippen LogP) is 4.21. The van der Waals surface area contributed by atoms with E-state index in [1.165, 1.54) is 37.8 Å². The smallest absolute Gasteiger partial charge is 0.123 e. The highest BCUT2D eigenvalue weighted by Crippen LogP contribution is 2.30. The number of hydrogen-bond donors (Lipinski definition) is 1. The molecule has 0 aromatic heterocycles. The van der Waals surface area contributed by atoms with Crippen molar-refractivity contribution in [3.8, 4) is 0 Å². The third-order valence-corrected chi connectivity index (χ3v) is 4.73. The summed E-state index contributed by atoms with van der Waals surface area (Å²) in [5.41, 5.74) is 1.09. The van der Waals surface area contributed by atoms with Gasteiger partial charge >= 0.3 is 0 Å². The molecule has 3 heteroatoms. The molecule has 3 rings (SSSR count). The van der Waals surface area contributed by atoms with E-state index in [9.17, 15) is 4.39 Å². The number of ether oxygens (including phenoxy) is 1. The van der Waals surface area contributed by atoms with Gasteiger partial charge in [-0.3, -0.25) is 0 Å². The molecule has 0 bridgehead atoms. The van der Waals surface area contributed by atoms with Gasteiger partial charge in [-0.1, -0.05) is 19.1 Å². The van der Waals surface area contributed by atoms with Crippen LogP contribution in [0.4, 0.5) is 4.39 Å². The Labute approximate surface area is 127 Å². The molecule has 2 aliphatic rings. The van der Waals surface area contributed by atoms with Crippen LogP contribution < -0.4 is 5.32 Å². The second-order valence-corrected chi connectivity index (χ2v) is 6.74. The Balaban J connectivity index is 1.61. The van der Waals surface area contributed by atoms with Gasteiger partial charge in [0.25, 0.3) is 0 Å². The molecule has 2 nitrogen and oxygen atoms in total. The van der Waals surface area contributed by atoms with Crippen LogP contribution in [-0.4, -0.2) is 18.7 Å². The van der Waals surface area contributed by atoms with Crippen molar-refractivity contribution >= 4 is 0 Å². The average molecular weight is 291 g/mol. The number of halogens is 1. The van der Waals surface area contributed by atoms with E-state index in [4.69, 9.17) is 4.74 Å². The maximum absolute atomic E-state index is 13.1. The summed E-state index contributed by atoms with van der Waals surface area (Å²) in [4.78, 5) is 0. The van der Waals surface area contributed by atoms with E-state index in [0.717, 1.165) is 30.9 Å². The highest BCUT2D eigenvalue weighted by Gasteiger charge is 2.26. The fraction of sp³-hybridized carbons (Fsp3) is 0.667. The number of nitrogens with one attached hydrogen (secondary N) is 1. The first-order valence-electron chi connectivity index (χ1n) is 8.35. The van der Waals surface area contributed by atoms with Gasteiger partial charge in [0.1, 0.15) is 5.82 Å². The zero-order valence-electron chi connectivity index (χ0n) is 12.9. The number of benzene rings is 1. The molecule has 0 heterocycles. The highest BCUT2D eigenvalue weighted by atomic mass is 19.1. The molecule has 1 unspecified atom stereocenters. The Morgan fingerprint density at radius 3 is 2.38 bits per heavy atom. The summed E-state index contributed by atoms with van der Waals surface area (Å²) in [6.07, 6.45) is 7.79. The van der Waals surface area contributed by atoms with E-state index in [0.29, 0.717) is 12.1 Å². The summed E-state index contributed by atoms with van der Waals surface area (Å²) in [5.74, 6) is 0.651. The predicted molar refractivity (Wildman–Crippen MR) is 82.7 cm³/mol. The molecule has 21 heavy (non-hydrogen) atoms. The van der Waals surface area contributed by atoms with Gasteiger partial charge in [0, 0.05) is 12.6 Å². The van der Waals surface area contributed by atoms with Crippen LogP contribution in [0.1, 0.15) is 57.1 Å². The summed E-state index contributed by atoms with van der Waals surface area (Å²) >= 11 is 0. The number of hydrogen-bond acceptors (Lipinski definition) is 2. The average Bonchev–Trinajstić information content (AvgIpc) is 3.31. The first-order valence-corrected chi connectivity index (χ1v) is 8.35. The SMILES string of the molecule is CC1CCC(OC(CNC2CC2)c2ccc(F)cc2)CC1. The van der Waals surface area contributed by atoms with Crippen LogP contribution in [0.3, 0.4) is 0 Å². The second kappa shape index (κ2) is 6.89. The van der Waals surface area contributed by atoms with Gasteiger partial charge in [-0.15, -0.1) is 0 Å². The van der Waals surface area contributed by atoms with Gasteiger partial charge in [0.15, 0.2) is 0 Å². The minimum Gasteiger partial charge on any atom is -0.369 e. The molecule has 1 aromatic carbocycles. The first-order chi connectivity index (χ1) is 10.2. The molecular weight excluding hydrogens is 265 g/mol. The van der Waals surface area contributed by atoms with Crippen molar-refractivity contribution in [3.05, 3.63) is 35.6 Å². The molecule has 0 spiro atoms. The summed E-state index contributed by atoms with van der Waals surface area (Å²) < 4.78 is 19.5. The van der Waals surface area contributed by atoms with Crippen LogP contribution >= 0.6 is 0 Å². The van der Waals surface area contributed by atoms with Crippen molar-refractivity contribution in [3.63, 3.8) is 0 Å². The maximum Gasteiger partial charge on any atom is 0.123 e. The highest BCUT2D eigenvalue weighted by molar-refractivity contribution is 5.19. The van der Waals surface area contributed by atoms with Crippen molar-refractivity contribution in [2.75, 3.05) is 6.54 Å². The Morgan fingerprint density at radius 2 is 1.76 bits per heavy atom. The van der Waals surface area contributed by atoms with Crippen LogP contribution in [0.25, 0.3) is 0 Å². The molecule has 0 radical (unpaired) electrons. The van der Waals surface area contributed by atoms with E-state index >= 15 is 0 Å². The largest absolute Gasteiger partial charge is 0.369 e. The lowest BCUT2D eigenvalue weighted by Gasteiger charge is -2.30. The zero-order chi connectivity index (χ0) is 14.7. The molecule has 0 aliphatic heterocycles. The topological polar surface area (TPSA) is 21.3 Å². The Morgan fingerprint density at radius 1 is 1.10 bits per heavy atom. The lowest BCUT2D eigenvalue weighted by molar-refractivity contribution is -0.0364. The van der Waals surface area contributed by atoms with Crippen molar-refractivity contribution in [2.45, 2.75) is 63.7 Å². The maximum atomic E-state index is 13.1. The van der Waals surface area contributed by atoms with Gasteiger partial charge in [-0.25, -0.2) is 4.39 Å². The Hall–Kier alpha value is -0.930. The van der Waals surface area contributed by atoms with Crippen LogP contribution in [0.2, 0.25) is 0 Å². The van der Waals surface area contributed by atoms with E-state index in [-0.39, 0.29) is 11.9 Å². The molecular formula is C18H26FNO. The molecule has 0 saturated heterocycles. The van der Waals surface area contributed by atoms with Crippen molar-refractivity contribution in [1.29, 1.82) is 0 Å². The number of rotatable bonds is 6. The fourth-order valence-corrected chi connectivity index (χ4v) is 3.08. The van der Waals surface area contributed by atoms with Crippen LogP contribution in [-0.2, 0) is 4.74 Å². The molecule has 0 amide bonds. The van der Waals surface area contributed by atoms with Crippen molar-refractivity contribution < 1.29 is 9.13 Å². The van der Waals surface area contributed by atoms with Crippen molar-refractivity contribution in [2.24, 2.45) is 5.92 Å². The third-order valence-electron chi connectivity index (χ3n) is 4.73. The van der Waals surface area contributed by atoms with Gasteiger partial charge in [-0.2, -0.15) is 0 Å². The first kappa shape index (κ1) is 15.0. The lowest BCUT2D eigenvalue weighted by atomic mass is 9.89. The molecule has 2 fully saturated rings. The van der Waals surface area contributed by atoms with E-state index in [2.05, 4.69) is 12.2 Å². The minimum atomic E-state index is -0.181. The van der Waals surface area contributed by atoms with Crippen LogP contribution in [0.15, 0.2) is 24.3 Å².